The van der Waals surface area contributed by atoms with Gasteiger partial charge in [-0.2, -0.15) is 0 Å². The number of rotatable bonds is 6. The van der Waals surface area contributed by atoms with Crippen LogP contribution in [0, 0.1) is 5.41 Å². The Hall–Kier alpha value is -2.63. The van der Waals surface area contributed by atoms with Crippen LogP contribution in [-0.4, -0.2) is 41.5 Å². The normalized spacial score (nSPS) is 19.5. The van der Waals surface area contributed by atoms with Gasteiger partial charge >= 0.3 is 0 Å². The molecular formula is C20H25N3O3. The van der Waals surface area contributed by atoms with Gasteiger partial charge in [0.05, 0.1) is 5.41 Å². The molecule has 1 N–H and O–H groups in total. The van der Waals surface area contributed by atoms with Crippen molar-refractivity contribution in [1.29, 1.82) is 0 Å². The standard InChI is InChI=1S/C20H25N3O3/c1-3-10-21-19(25)20(9-11-23(14-20)15(2)24)13-17-12-18(22-26-17)16-7-5-4-6-8-16/h4-8,12H,3,9-11,13-14H2,1-2H3,(H,21,25)/t20-/m0/s1. The van der Waals surface area contributed by atoms with Gasteiger partial charge in [0.15, 0.2) is 0 Å². The van der Waals surface area contributed by atoms with Crippen LogP contribution in [0.5, 0.6) is 0 Å². The second kappa shape index (κ2) is 7.72. The first kappa shape index (κ1) is 18.2. The van der Waals surface area contributed by atoms with Gasteiger partial charge in [-0.1, -0.05) is 42.4 Å². The molecule has 1 saturated heterocycles. The maximum atomic E-state index is 12.9. The van der Waals surface area contributed by atoms with Crippen molar-refractivity contribution in [2.24, 2.45) is 5.41 Å². The van der Waals surface area contributed by atoms with Gasteiger partial charge in [0, 0.05) is 44.6 Å². The maximum absolute atomic E-state index is 12.9. The van der Waals surface area contributed by atoms with Crippen LogP contribution in [-0.2, 0) is 16.0 Å². The van der Waals surface area contributed by atoms with E-state index in [4.69, 9.17) is 4.52 Å². The summed E-state index contributed by atoms with van der Waals surface area (Å²) in [5, 5.41) is 7.14. The molecule has 1 fully saturated rings. The second-order valence-corrected chi connectivity index (χ2v) is 6.95. The Kier molecular flexibility index (Phi) is 5.40. The Morgan fingerprint density at radius 1 is 1.31 bits per heavy atom. The summed E-state index contributed by atoms with van der Waals surface area (Å²) >= 11 is 0. The molecule has 0 radical (unpaired) electrons. The zero-order valence-electron chi connectivity index (χ0n) is 15.3. The SMILES string of the molecule is CCCNC(=O)[C@]1(Cc2cc(-c3ccccc3)no2)CCN(C(C)=O)C1. The van der Waals surface area contributed by atoms with E-state index in [1.54, 1.807) is 11.8 Å². The van der Waals surface area contributed by atoms with Crippen molar-refractivity contribution in [3.63, 3.8) is 0 Å². The Labute approximate surface area is 153 Å². The fourth-order valence-electron chi connectivity index (χ4n) is 3.45. The van der Waals surface area contributed by atoms with Crippen LogP contribution in [0.4, 0.5) is 0 Å². The quantitative estimate of drug-likeness (QED) is 0.864. The zero-order valence-corrected chi connectivity index (χ0v) is 15.3. The first-order valence-corrected chi connectivity index (χ1v) is 9.09. The van der Waals surface area contributed by atoms with E-state index in [1.165, 1.54) is 0 Å². The molecule has 2 amide bonds. The molecule has 2 aromatic rings. The number of nitrogens with one attached hydrogen (secondary N) is 1. The van der Waals surface area contributed by atoms with Crippen molar-refractivity contribution in [3.8, 4) is 11.3 Å². The summed E-state index contributed by atoms with van der Waals surface area (Å²) in [4.78, 5) is 26.4. The predicted octanol–water partition coefficient (Wildman–Crippen LogP) is 2.65. The fraction of sp³-hybridized carbons (Fsp3) is 0.450. The molecule has 1 aliphatic heterocycles. The predicted molar refractivity (Wildman–Crippen MR) is 98.2 cm³/mol. The molecule has 1 aromatic heterocycles. The molecule has 0 spiro atoms. The zero-order chi connectivity index (χ0) is 18.6. The third-order valence-electron chi connectivity index (χ3n) is 4.96. The van der Waals surface area contributed by atoms with Gasteiger partial charge < -0.3 is 14.7 Å². The molecule has 26 heavy (non-hydrogen) atoms. The molecule has 1 atom stereocenters. The molecule has 6 nitrogen and oxygen atoms in total. The summed E-state index contributed by atoms with van der Waals surface area (Å²) in [5.74, 6) is 0.652. The van der Waals surface area contributed by atoms with Crippen molar-refractivity contribution >= 4 is 11.8 Å². The number of carbonyl (C=O) groups excluding carboxylic acids is 2. The van der Waals surface area contributed by atoms with Gasteiger partial charge in [0.2, 0.25) is 11.8 Å². The maximum Gasteiger partial charge on any atom is 0.228 e. The second-order valence-electron chi connectivity index (χ2n) is 6.95. The minimum absolute atomic E-state index is 0.00212. The first-order valence-electron chi connectivity index (χ1n) is 9.09. The molecule has 138 valence electrons. The molecular weight excluding hydrogens is 330 g/mol. The third kappa shape index (κ3) is 3.79. The number of hydrogen-bond donors (Lipinski definition) is 1. The highest BCUT2D eigenvalue weighted by molar-refractivity contribution is 5.85. The summed E-state index contributed by atoms with van der Waals surface area (Å²) < 4.78 is 5.52. The van der Waals surface area contributed by atoms with Crippen LogP contribution in [0.2, 0.25) is 0 Å². The highest BCUT2D eigenvalue weighted by Gasteiger charge is 2.46. The van der Waals surface area contributed by atoms with E-state index in [0.717, 1.165) is 17.7 Å². The average Bonchev–Trinajstić information content (AvgIpc) is 3.29. The molecule has 1 aliphatic rings. The Balaban J connectivity index is 1.81. The highest BCUT2D eigenvalue weighted by atomic mass is 16.5. The van der Waals surface area contributed by atoms with E-state index >= 15 is 0 Å². The van der Waals surface area contributed by atoms with Crippen molar-refractivity contribution in [2.45, 2.75) is 33.1 Å². The number of aromatic nitrogens is 1. The van der Waals surface area contributed by atoms with Crippen molar-refractivity contribution in [3.05, 3.63) is 42.2 Å². The third-order valence-corrected chi connectivity index (χ3v) is 4.96. The summed E-state index contributed by atoms with van der Waals surface area (Å²) in [6.07, 6.45) is 1.94. The highest BCUT2D eigenvalue weighted by Crippen LogP contribution is 2.35. The van der Waals surface area contributed by atoms with Crippen LogP contribution in [0.3, 0.4) is 0 Å². The lowest BCUT2D eigenvalue weighted by atomic mass is 9.81. The van der Waals surface area contributed by atoms with Crippen LogP contribution in [0.25, 0.3) is 11.3 Å². The number of benzene rings is 1. The minimum atomic E-state index is -0.658. The molecule has 1 aromatic carbocycles. The Morgan fingerprint density at radius 3 is 2.73 bits per heavy atom. The molecule has 0 saturated carbocycles. The van der Waals surface area contributed by atoms with Gasteiger partial charge in [0.25, 0.3) is 0 Å². The van der Waals surface area contributed by atoms with E-state index in [2.05, 4.69) is 10.5 Å². The molecule has 0 bridgehead atoms. The first-order chi connectivity index (χ1) is 12.5. The van der Waals surface area contributed by atoms with E-state index < -0.39 is 5.41 Å². The smallest absolute Gasteiger partial charge is 0.228 e. The summed E-state index contributed by atoms with van der Waals surface area (Å²) in [6.45, 7) is 5.20. The lowest BCUT2D eigenvalue weighted by Crippen LogP contribution is -2.45. The number of hydrogen-bond acceptors (Lipinski definition) is 4. The van der Waals surface area contributed by atoms with E-state index in [0.29, 0.717) is 38.2 Å². The van der Waals surface area contributed by atoms with Crippen LogP contribution < -0.4 is 5.32 Å². The topological polar surface area (TPSA) is 75.4 Å². The summed E-state index contributed by atoms with van der Waals surface area (Å²) in [5.41, 5.74) is 1.07. The lowest BCUT2D eigenvalue weighted by molar-refractivity contribution is -0.132. The van der Waals surface area contributed by atoms with Crippen LogP contribution in [0.1, 0.15) is 32.4 Å². The average molecular weight is 355 g/mol. The largest absolute Gasteiger partial charge is 0.361 e. The van der Waals surface area contributed by atoms with Crippen LogP contribution in [0.15, 0.2) is 40.9 Å². The Morgan fingerprint density at radius 2 is 2.08 bits per heavy atom. The Bertz CT molecular complexity index is 772. The monoisotopic (exact) mass is 355 g/mol. The van der Waals surface area contributed by atoms with Gasteiger partial charge in [-0.15, -0.1) is 0 Å². The van der Waals surface area contributed by atoms with Gasteiger partial charge in [-0.05, 0) is 12.8 Å². The molecule has 6 heteroatoms. The van der Waals surface area contributed by atoms with E-state index in [-0.39, 0.29) is 11.8 Å². The van der Waals surface area contributed by atoms with Crippen molar-refractivity contribution < 1.29 is 14.1 Å². The van der Waals surface area contributed by atoms with E-state index in [1.807, 2.05) is 43.3 Å². The fourth-order valence-corrected chi connectivity index (χ4v) is 3.45. The van der Waals surface area contributed by atoms with Crippen molar-refractivity contribution in [2.75, 3.05) is 19.6 Å². The number of carbonyl (C=O) groups is 2. The molecule has 0 unspecified atom stereocenters. The molecule has 0 aliphatic carbocycles. The summed E-state index contributed by atoms with van der Waals surface area (Å²) in [7, 11) is 0. The molecule has 3 rings (SSSR count). The lowest BCUT2D eigenvalue weighted by Gasteiger charge is -2.27. The van der Waals surface area contributed by atoms with Gasteiger partial charge in [0.1, 0.15) is 11.5 Å². The summed E-state index contributed by atoms with van der Waals surface area (Å²) in [6, 6.07) is 11.7. The molecule has 2 heterocycles. The van der Waals surface area contributed by atoms with E-state index in [9.17, 15) is 9.59 Å². The number of nitrogens with zero attached hydrogens (tertiary/aromatic N) is 2. The number of likely N-dealkylation sites (tertiary alicyclic amines) is 1. The minimum Gasteiger partial charge on any atom is -0.361 e. The van der Waals surface area contributed by atoms with Crippen molar-refractivity contribution in [1.82, 2.24) is 15.4 Å². The van der Waals surface area contributed by atoms with Gasteiger partial charge in [-0.3, -0.25) is 9.59 Å². The van der Waals surface area contributed by atoms with Crippen LogP contribution >= 0.6 is 0 Å². The number of amides is 2. The van der Waals surface area contributed by atoms with Gasteiger partial charge in [-0.25, -0.2) is 0 Å².